The number of para-hydroxylation sites is 1. The summed E-state index contributed by atoms with van der Waals surface area (Å²) in [5.41, 5.74) is 0.978. The Morgan fingerprint density at radius 3 is 2.90 bits per heavy atom. The second-order valence-corrected chi connectivity index (χ2v) is 5.69. The summed E-state index contributed by atoms with van der Waals surface area (Å²) in [5.74, 6) is 0.104. The van der Waals surface area contributed by atoms with Crippen LogP contribution in [0.25, 0.3) is 10.9 Å². The molecule has 1 aliphatic carbocycles. The van der Waals surface area contributed by atoms with Crippen molar-refractivity contribution >= 4 is 28.4 Å². The molecule has 1 saturated carbocycles. The van der Waals surface area contributed by atoms with Crippen LogP contribution in [-0.2, 0) is 11.3 Å². The first-order valence-corrected chi connectivity index (χ1v) is 7.52. The predicted molar refractivity (Wildman–Crippen MR) is 79.8 cm³/mol. The molecule has 0 spiro atoms. The lowest BCUT2D eigenvalue weighted by Gasteiger charge is -2.11. The fourth-order valence-electron chi connectivity index (χ4n) is 2.83. The molecule has 1 aromatic carbocycles. The largest absolute Gasteiger partial charge is 0.353 e. The van der Waals surface area contributed by atoms with Crippen molar-refractivity contribution in [3.05, 3.63) is 29.4 Å². The van der Waals surface area contributed by atoms with Gasteiger partial charge in [0.2, 0.25) is 5.91 Å². The molecule has 1 aromatic heterocycles. The highest BCUT2D eigenvalue weighted by Crippen LogP contribution is 2.22. The third kappa shape index (κ3) is 2.80. The van der Waals surface area contributed by atoms with Crippen LogP contribution in [0.5, 0.6) is 0 Å². The molecule has 2 aromatic rings. The molecule has 1 fully saturated rings. The lowest BCUT2D eigenvalue weighted by atomic mass is 10.2. The number of amides is 1. The van der Waals surface area contributed by atoms with Crippen molar-refractivity contribution in [2.45, 2.75) is 44.7 Å². The van der Waals surface area contributed by atoms with E-state index in [9.17, 15) is 4.79 Å². The summed E-state index contributed by atoms with van der Waals surface area (Å²) < 4.78 is 1.81. The Hall–Kier alpha value is -1.55. The Kier molecular flexibility index (Phi) is 3.92. The molecule has 0 radical (unpaired) electrons. The topological polar surface area (TPSA) is 46.9 Å². The third-order valence-corrected chi connectivity index (χ3v) is 4.16. The maximum Gasteiger partial charge on any atom is 0.222 e. The summed E-state index contributed by atoms with van der Waals surface area (Å²) in [5, 5.41) is 8.82. The van der Waals surface area contributed by atoms with Crippen molar-refractivity contribution < 1.29 is 4.79 Å². The molecule has 20 heavy (non-hydrogen) atoms. The Morgan fingerprint density at radius 1 is 1.35 bits per heavy atom. The maximum absolute atomic E-state index is 11.9. The first-order chi connectivity index (χ1) is 9.74. The van der Waals surface area contributed by atoms with Gasteiger partial charge in [-0.25, -0.2) is 0 Å². The zero-order chi connectivity index (χ0) is 13.9. The zero-order valence-corrected chi connectivity index (χ0v) is 12.1. The summed E-state index contributed by atoms with van der Waals surface area (Å²) in [4.78, 5) is 11.9. The van der Waals surface area contributed by atoms with Crippen LogP contribution in [0.1, 0.15) is 32.1 Å². The average molecular weight is 292 g/mol. The van der Waals surface area contributed by atoms with E-state index in [1.807, 2.05) is 28.9 Å². The summed E-state index contributed by atoms with van der Waals surface area (Å²) in [7, 11) is 0. The highest BCUT2D eigenvalue weighted by molar-refractivity contribution is 6.34. The van der Waals surface area contributed by atoms with E-state index in [-0.39, 0.29) is 5.91 Å². The molecule has 0 bridgehead atoms. The number of hydrogen-bond acceptors (Lipinski definition) is 2. The highest BCUT2D eigenvalue weighted by atomic mass is 35.5. The van der Waals surface area contributed by atoms with E-state index < -0.39 is 0 Å². The van der Waals surface area contributed by atoms with Gasteiger partial charge < -0.3 is 5.32 Å². The molecule has 1 heterocycles. The minimum absolute atomic E-state index is 0.104. The smallest absolute Gasteiger partial charge is 0.222 e. The Morgan fingerprint density at radius 2 is 2.10 bits per heavy atom. The van der Waals surface area contributed by atoms with Crippen molar-refractivity contribution in [1.29, 1.82) is 0 Å². The molecule has 1 N–H and O–H groups in total. The number of carbonyl (C=O) groups is 1. The molecule has 0 unspecified atom stereocenters. The first kappa shape index (κ1) is 13.4. The number of fused-ring (bicyclic) bond motifs is 1. The minimum atomic E-state index is 0.104. The SMILES string of the molecule is O=C(CCn1nc(Cl)c2ccccc21)NC1CCCC1. The molecule has 5 heteroatoms. The number of benzene rings is 1. The van der Waals surface area contributed by atoms with Gasteiger partial charge in [-0.3, -0.25) is 9.48 Å². The molecule has 1 amide bonds. The van der Waals surface area contributed by atoms with Crippen molar-refractivity contribution in [2.75, 3.05) is 0 Å². The average Bonchev–Trinajstić information content (AvgIpc) is 3.06. The van der Waals surface area contributed by atoms with Crippen molar-refractivity contribution in [2.24, 2.45) is 0 Å². The van der Waals surface area contributed by atoms with Crippen molar-refractivity contribution in [3.63, 3.8) is 0 Å². The third-order valence-electron chi connectivity index (χ3n) is 3.88. The van der Waals surface area contributed by atoms with Gasteiger partial charge in [0.25, 0.3) is 0 Å². The fourth-order valence-corrected chi connectivity index (χ4v) is 3.09. The molecule has 0 saturated heterocycles. The maximum atomic E-state index is 11.9. The molecule has 1 aliphatic rings. The summed E-state index contributed by atoms with van der Waals surface area (Å²) >= 11 is 6.10. The molecular weight excluding hydrogens is 274 g/mol. The van der Waals surface area contributed by atoms with Crippen molar-refractivity contribution in [3.8, 4) is 0 Å². The van der Waals surface area contributed by atoms with E-state index in [2.05, 4.69) is 10.4 Å². The van der Waals surface area contributed by atoms with Crippen LogP contribution in [0.4, 0.5) is 0 Å². The molecule has 106 valence electrons. The summed E-state index contributed by atoms with van der Waals surface area (Å²) in [6, 6.07) is 8.19. The molecule has 0 aliphatic heterocycles. The lowest BCUT2D eigenvalue weighted by Crippen LogP contribution is -2.33. The van der Waals surface area contributed by atoms with Crippen LogP contribution in [0, 0.1) is 0 Å². The quantitative estimate of drug-likeness (QED) is 0.941. The Balaban J connectivity index is 1.63. The number of rotatable bonds is 4. The van der Waals surface area contributed by atoms with E-state index in [0.29, 0.717) is 24.2 Å². The van der Waals surface area contributed by atoms with Gasteiger partial charge in [-0.15, -0.1) is 0 Å². The highest BCUT2D eigenvalue weighted by Gasteiger charge is 2.17. The van der Waals surface area contributed by atoms with Gasteiger partial charge in [0, 0.05) is 17.8 Å². The van der Waals surface area contributed by atoms with Crippen LogP contribution in [0.15, 0.2) is 24.3 Å². The van der Waals surface area contributed by atoms with Crippen LogP contribution < -0.4 is 5.32 Å². The number of aromatic nitrogens is 2. The van der Waals surface area contributed by atoms with Crippen LogP contribution in [-0.4, -0.2) is 21.7 Å². The predicted octanol–water partition coefficient (Wildman–Crippen LogP) is 3.14. The number of halogens is 1. The van der Waals surface area contributed by atoms with Gasteiger partial charge in [-0.05, 0) is 25.0 Å². The van der Waals surface area contributed by atoms with E-state index in [0.717, 1.165) is 23.7 Å². The number of nitrogens with one attached hydrogen (secondary N) is 1. The van der Waals surface area contributed by atoms with Crippen LogP contribution >= 0.6 is 11.6 Å². The summed E-state index contributed by atoms with van der Waals surface area (Å²) in [6.45, 7) is 0.561. The second-order valence-electron chi connectivity index (χ2n) is 5.33. The number of aryl methyl sites for hydroxylation is 1. The lowest BCUT2D eigenvalue weighted by molar-refractivity contribution is -0.122. The van der Waals surface area contributed by atoms with Gasteiger partial charge in [0.1, 0.15) is 0 Å². The van der Waals surface area contributed by atoms with Gasteiger partial charge >= 0.3 is 0 Å². The standard InChI is InChI=1S/C15H18ClN3O/c16-15-12-7-3-4-8-13(12)19(18-15)10-9-14(20)17-11-5-1-2-6-11/h3-4,7-8,11H,1-2,5-6,9-10H2,(H,17,20). The fraction of sp³-hybridized carbons (Fsp3) is 0.467. The minimum Gasteiger partial charge on any atom is -0.353 e. The van der Waals surface area contributed by atoms with E-state index >= 15 is 0 Å². The molecular formula is C15H18ClN3O. The Bertz CT molecular complexity index is 617. The molecule has 3 rings (SSSR count). The molecule has 0 atom stereocenters. The number of nitrogens with zero attached hydrogens (tertiary/aromatic N) is 2. The van der Waals surface area contributed by atoms with Gasteiger partial charge in [0.15, 0.2) is 5.15 Å². The number of hydrogen-bond donors (Lipinski definition) is 1. The van der Waals surface area contributed by atoms with E-state index in [4.69, 9.17) is 11.6 Å². The summed E-state index contributed by atoms with van der Waals surface area (Å²) in [6.07, 6.45) is 5.12. The van der Waals surface area contributed by atoms with Gasteiger partial charge in [-0.1, -0.05) is 36.6 Å². The van der Waals surface area contributed by atoms with Crippen LogP contribution in [0.2, 0.25) is 5.15 Å². The first-order valence-electron chi connectivity index (χ1n) is 7.14. The van der Waals surface area contributed by atoms with E-state index in [1.165, 1.54) is 12.8 Å². The zero-order valence-electron chi connectivity index (χ0n) is 11.3. The van der Waals surface area contributed by atoms with Gasteiger partial charge in [-0.2, -0.15) is 5.10 Å². The number of carbonyl (C=O) groups excluding carboxylic acids is 1. The second kappa shape index (κ2) is 5.83. The van der Waals surface area contributed by atoms with Crippen LogP contribution in [0.3, 0.4) is 0 Å². The van der Waals surface area contributed by atoms with Gasteiger partial charge in [0.05, 0.1) is 12.1 Å². The van der Waals surface area contributed by atoms with Crippen molar-refractivity contribution in [1.82, 2.24) is 15.1 Å². The normalized spacial score (nSPS) is 15.8. The monoisotopic (exact) mass is 291 g/mol. The Labute approximate surface area is 123 Å². The van der Waals surface area contributed by atoms with E-state index in [1.54, 1.807) is 0 Å². The molecule has 4 nitrogen and oxygen atoms in total.